The van der Waals surface area contributed by atoms with Crippen molar-refractivity contribution in [3.8, 4) is 17.8 Å². The van der Waals surface area contributed by atoms with Crippen LogP contribution in [0.2, 0.25) is 0 Å². The van der Waals surface area contributed by atoms with Crippen molar-refractivity contribution in [3.05, 3.63) is 51.4 Å². The first kappa shape index (κ1) is 14.6. The maximum absolute atomic E-state index is 12.1. The van der Waals surface area contributed by atoms with E-state index in [1.165, 1.54) is 24.9 Å². The molecule has 0 saturated heterocycles. The monoisotopic (exact) mass is 285 g/mol. The minimum absolute atomic E-state index is 0.200. The van der Waals surface area contributed by atoms with Gasteiger partial charge < -0.3 is 9.47 Å². The van der Waals surface area contributed by atoms with Crippen molar-refractivity contribution in [2.24, 2.45) is 0 Å². The molecule has 0 aliphatic heterocycles. The maximum atomic E-state index is 12.1. The van der Waals surface area contributed by atoms with E-state index in [4.69, 9.17) is 14.7 Å². The van der Waals surface area contributed by atoms with Crippen molar-refractivity contribution >= 4 is 0 Å². The van der Waals surface area contributed by atoms with Crippen LogP contribution in [-0.4, -0.2) is 23.8 Å². The first-order valence-corrected chi connectivity index (χ1v) is 6.28. The van der Waals surface area contributed by atoms with E-state index in [1.807, 2.05) is 0 Å². The van der Waals surface area contributed by atoms with Gasteiger partial charge in [0.05, 0.1) is 26.3 Å². The van der Waals surface area contributed by atoms with E-state index in [0.29, 0.717) is 17.0 Å². The van der Waals surface area contributed by atoms with Gasteiger partial charge in [0.1, 0.15) is 11.8 Å². The third-order valence-electron chi connectivity index (χ3n) is 3.01. The van der Waals surface area contributed by atoms with Gasteiger partial charge in [0, 0.05) is 11.8 Å². The summed E-state index contributed by atoms with van der Waals surface area (Å²) in [4.78, 5) is 16.2. The summed E-state index contributed by atoms with van der Waals surface area (Å²) >= 11 is 0. The molecule has 1 heterocycles. The smallest absolute Gasteiger partial charge is 0.299 e. The lowest BCUT2D eigenvalue weighted by atomic mass is 10.1. The zero-order chi connectivity index (χ0) is 15.4. The summed E-state index contributed by atoms with van der Waals surface area (Å²) < 4.78 is 11.7. The number of hydrogen-bond acceptors (Lipinski definition) is 5. The summed E-state index contributed by atoms with van der Waals surface area (Å²) in [6.07, 6.45) is 0. The molecule has 0 N–H and O–H groups in total. The molecule has 0 atom stereocenters. The summed E-state index contributed by atoms with van der Waals surface area (Å²) in [6.45, 7) is 2.00. The van der Waals surface area contributed by atoms with Gasteiger partial charge in [-0.1, -0.05) is 6.07 Å². The molecule has 0 saturated carbocycles. The molecule has 0 fully saturated rings. The van der Waals surface area contributed by atoms with Gasteiger partial charge in [-0.15, -0.1) is 0 Å². The molecule has 0 aliphatic rings. The minimum Gasteiger partial charge on any atom is -0.495 e. The lowest BCUT2D eigenvalue weighted by Crippen LogP contribution is -2.23. The van der Waals surface area contributed by atoms with E-state index in [-0.39, 0.29) is 18.1 Å². The topological polar surface area (TPSA) is 77.1 Å². The van der Waals surface area contributed by atoms with Crippen LogP contribution in [0.15, 0.2) is 29.1 Å². The van der Waals surface area contributed by atoms with Crippen LogP contribution in [0.25, 0.3) is 0 Å². The molecule has 0 radical (unpaired) electrons. The van der Waals surface area contributed by atoms with Crippen LogP contribution in [0.1, 0.15) is 16.8 Å². The summed E-state index contributed by atoms with van der Waals surface area (Å²) in [6, 6.07) is 8.94. The summed E-state index contributed by atoms with van der Waals surface area (Å²) in [5.41, 5.74) is 1.61. The third-order valence-corrected chi connectivity index (χ3v) is 3.01. The molecule has 1 aromatic heterocycles. The van der Waals surface area contributed by atoms with Crippen LogP contribution < -0.4 is 15.0 Å². The molecule has 2 rings (SSSR count). The average Bonchev–Trinajstić information content (AvgIpc) is 2.49. The first-order valence-electron chi connectivity index (χ1n) is 6.28. The largest absolute Gasteiger partial charge is 0.495 e. The normalized spacial score (nSPS) is 10.0. The fourth-order valence-electron chi connectivity index (χ4n) is 2.02. The van der Waals surface area contributed by atoms with Crippen LogP contribution in [-0.2, 0) is 6.54 Å². The molecule has 2 aromatic rings. The van der Waals surface area contributed by atoms with Crippen LogP contribution in [0, 0.1) is 18.3 Å². The predicted octanol–water partition coefficient (Wildman–Crippen LogP) is 1.49. The Morgan fingerprint density at radius 3 is 2.67 bits per heavy atom. The Bertz CT molecular complexity index is 760. The molecule has 0 amide bonds. The van der Waals surface area contributed by atoms with Gasteiger partial charge in [-0.25, -0.2) is 4.98 Å². The number of nitriles is 1. The highest BCUT2D eigenvalue weighted by atomic mass is 16.5. The maximum Gasteiger partial charge on any atom is 0.299 e. The van der Waals surface area contributed by atoms with Crippen molar-refractivity contribution in [2.45, 2.75) is 13.5 Å². The number of ether oxygens (including phenoxy) is 2. The van der Waals surface area contributed by atoms with Crippen molar-refractivity contribution < 1.29 is 9.47 Å². The molecule has 1 aromatic carbocycles. The molecular formula is C15H15N3O3. The molecule has 6 heteroatoms. The minimum atomic E-state index is -0.200. The Hall–Kier alpha value is -2.81. The van der Waals surface area contributed by atoms with Crippen molar-refractivity contribution in [2.75, 3.05) is 14.2 Å². The Balaban J connectivity index is 2.44. The predicted molar refractivity (Wildman–Crippen MR) is 76.6 cm³/mol. The average molecular weight is 285 g/mol. The van der Waals surface area contributed by atoms with Gasteiger partial charge in [0.15, 0.2) is 0 Å². The number of hydrogen-bond donors (Lipinski definition) is 0. The summed E-state index contributed by atoms with van der Waals surface area (Å²) in [5.74, 6) is 0.502. The van der Waals surface area contributed by atoms with Crippen LogP contribution in [0.4, 0.5) is 0 Å². The van der Waals surface area contributed by atoms with E-state index in [2.05, 4.69) is 11.1 Å². The highest BCUT2D eigenvalue weighted by molar-refractivity contribution is 5.45. The van der Waals surface area contributed by atoms with Crippen LogP contribution in [0.5, 0.6) is 11.8 Å². The lowest BCUT2D eigenvalue weighted by molar-refractivity contribution is 0.349. The SMILES string of the molecule is COc1ccc(Cn2c(OC)nc(C)cc2=O)cc1C#N. The summed E-state index contributed by atoms with van der Waals surface area (Å²) in [7, 11) is 2.97. The highest BCUT2D eigenvalue weighted by Gasteiger charge is 2.10. The first-order chi connectivity index (χ1) is 10.1. The zero-order valence-electron chi connectivity index (χ0n) is 12.1. The molecule has 0 aliphatic carbocycles. The highest BCUT2D eigenvalue weighted by Crippen LogP contribution is 2.19. The molecule has 6 nitrogen and oxygen atoms in total. The van der Waals surface area contributed by atoms with Crippen molar-refractivity contribution in [1.29, 1.82) is 5.26 Å². The van der Waals surface area contributed by atoms with Crippen molar-refractivity contribution in [3.63, 3.8) is 0 Å². The van der Waals surface area contributed by atoms with E-state index in [9.17, 15) is 4.79 Å². The zero-order valence-corrected chi connectivity index (χ0v) is 12.1. The number of nitrogens with zero attached hydrogens (tertiary/aromatic N) is 3. The Morgan fingerprint density at radius 1 is 1.29 bits per heavy atom. The molecular weight excluding hydrogens is 270 g/mol. The lowest BCUT2D eigenvalue weighted by Gasteiger charge is -2.12. The molecule has 108 valence electrons. The molecule has 0 spiro atoms. The fourth-order valence-corrected chi connectivity index (χ4v) is 2.02. The number of aryl methyl sites for hydroxylation is 1. The standard InChI is InChI=1S/C15H15N3O3/c1-10-6-14(19)18(15(17-10)21-3)9-11-4-5-13(20-2)12(7-11)8-16/h4-7H,9H2,1-3H3. The van der Waals surface area contributed by atoms with E-state index in [1.54, 1.807) is 25.1 Å². The van der Waals surface area contributed by atoms with Gasteiger partial charge in [0.2, 0.25) is 0 Å². The van der Waals surface area contributed by atoms with E-state index >= 15 is 0 Å². The number of benzene rings is 1. The Kier molecular flexibility index (Phi) is 4.24. The van der Waals surface area contributed by atoms with Gasteiger partial charge in [-0.3, -0.25) is 9.36 Å². The molecule has 21 heavy (non-hydrogen) atoms. The second-order valence-corrected chi connectivity index (χ2v) is 4.46. The Morgan fingerprint density at radius 2 is 2.05 bits per heavy atom. The Labute approximate surface area is 122 Å². The second kappa shape index (κ2) is 6.09. The number of aromatic nitrogens is 2. The quantitative estimate of drug-likeness (QED) is 0.850. The number of methoxy groups -OCH3 is 2. The van der Waals surface area contributed by atoms with Crippen LogP contribution >= 0.6 is 0 Å². The molecule has 0 unspecified atom stereocenters. The van der Waals surface area contributed by atoms with Gasteiger partial charge in [-0.05, 0) is 24.6 Å². The molecule has 0 bridgehead atoms. The van der Waals surface area contributed by atoms with E-state index in [0.717, 1.165) is 5.56 Å². The van der Waals surface area contributed by atoms with Gasteiger partial charge >= 0.3 is 0 Å². The second-order valence-electron chi connectivity index (χ2n) is 4.46. The van der Waals surface area contributed by atoms with Gasteiger partial charge in [0.25, 0.3) is 11.6 Å². The third kappa shape index (κ3) is 3.03. The number of rotatable bonds is 4. The van der Waals surface area contributed by atoms with Gasteiger partial charge in [-0.2, -0.15) is 5.26 Å². The van der Waals surface area contributed by atoms with Crippen molar-refractivity contribution in [1.82, 2.24) is 9.55 Å². The summed E-state index contributed by atoms with van der Waals surface area (Å²) in [5, 5.41) is 9.10. The van der Waals surface area contributed by atoms with Crippen LogP contribution in [0.3, 0.4) is 0 Å². The van der Waals surface area contributed by atoms with E-state index < -0.39 is 0 Å². The fraction of sp³-hybridized carbons (Fsp3) is 0.267.